The van der Waals surface area contributed by atoms with Crippen molar-refractivity contribution in [3.63, 3.8) is 0 Å². The second-order valence-electron chi connectivity index (χ2n) is 8.74. The predicted molar refractivity (Wildman–Crippen MR) is 152 cm³/mol. The van der Waals surface area contributed by atoms with Crippen LogP contribution in [0.2, 0.25) is 5.02 Å². The lowest BCUT2D eigenvalue weighted by Crippen LogP contribution is -2.43. The number of allylic oxidation sites excluding steroid dienone is 1. The van der Waals surface area contributed by atoms with E-state index >= 15 is 0 Å². The van der Waals surface area contributed by atoms with Crippen molar-refractivity contribution in [2.45, 2.75) is 33.7 Å². The van der Waals surface area contributed by atoms with Crippen LogP contribution in [-0.2, 0) is 14.3 Å². The van der Waals surface area contributed by atoms with Gasteiger partial charge in [0.25, 0.3) is 11.5 Å². The Morgan fingerprint density at radius 3 is 2.46 bits per heavy atom. The number of rotatable bonds is 9. The van der Waals surface area contributed by atoms with E-state index in [1.54, 1.807) is 59.7 Å². The van der Waals surface area contributed by atoms with Crippen molar-refractivity contribution < 1.29 is 19.1 Å². The van der Waals surface area contributed by atoms with Gasteiger partial charge in [-0.25, -0.2) is 9.79 Å². The first-order valence-corrected chi connectivity index (χ1v) is 13.9. The molecule has 0 radical (unpaired) electrons. The van der Waals surface area contributed by atoms with E-state index in [-0.39, 0.29) is 24.7 Å². The number of hydrogen-bond acceptors (Lipinski definition) is 7. The lowest BCUT2D eigenvalue weighted by Gasteiger charge is -2.29. The van der Waals surface area contributed by atoms with E-state index in [4.69, 9.17) is 26.1 Å². The fourth-order valence-electron chi connectivity index (χ4n) is 4.45. The highest BCUT2D eigenvalue weighted by atomic mass is 35.5. The van der Waals surface area contributed by atoms with Gasteiger partial charge in [-0.05, 0) is 57.5 Å². The Morgan fingerprint density at radius 2 is 1.79 bits per heavy atom. The van der Waals surface area contributed by atoms with Crippen molar-refractivity contribution >= 4 is 40.9 Å². The molecule has 2 heterocycles. The van der Waals surface area contributed by atoms with Crippen LogP contribution in [0.5, 0.6) is 5.75 Å². The van der Waals surface area contributed by atoms with Gasteiger partial charge in [0.2, 0.25) is 0 Å². The molecule has 2 aromatic carbocycles. The van der Waals surface area contributed by atoms with Crippen LogP contribution in [0.25, 0.3) is 6.08 Å². The van der Waals surface area contributed by atoms with Crippen molar-refractivity contribution in [3.8, 4) is 5.75 Å². The number of carbonyl (C=O) groups is 2. The second kappa shape index (κ2) is 12.4. The lowest BCUT2D eigenvalue weighted by atomic mass is 9.94. The van der Waals surface area contributed by atoms with Gasteiger partial charge < -0.3 is 14.4 Å². The number of amides is 1. The Hall–Kier alpha value is -3.69. The molecule has 3 aromatic rings. The van der Waals surface area contributed by atoms with Gasteiger partial charge in [0, 0.05) is 23.7 Å². The third kappa shape index (κ3) is 5.99. The Bertz CT molecular complexity index is 1590. The fourth-order valence-corrected chi connectivity index (χ4v) is 5.61. The molecule has 10 heteroatoms. The maximum absolute atomic E-state index is 13.9. The molecule has 4 rings (SSSR count). The third-order valence-electron chi connectivity index (χ3n) is 6.34. The first kappa shape index (κ1) is 28.3. The molecule has 1 aliphatic heterocycles. The zero-order valence-electron chi connectivity index (χ0n) is 22.3. The summed E-state index contributed by atoms with van der Waals surface area (Å²) in [5.41, 5.74) is 2.13. The number of halogens is 1. The molecule has 1 amide bonds. The van der Waals surface area contributed by atoms with Gasteiger partial charge in [0.1, 0.15) is 5.75 Å². The van der Waals surface area contributed by atoms with Gasteiger partial charge in [-0.15, -0.1) is 0 Å². The van der Waals surface area contributed by atoms with Gasteiger partial charge in [-0.3, -0.25) is 14.2 Å². The van der Waals surface area contributed by atoms with Gasteiger partial charge in [0.15, 0.2) is 11.4 Å². The molecule has 0 fully saturated rings. The van der Waals surface area contributed by atoms with Crippen molar-refractivity contribution in [2.75, 3.05) is 26.3 Å². The summed E-state index contributed by atoms with van der Waals surface area (Å²) in [6.45, 7) is 8.46. The summed E-state index contributed by atoms with van der Waals surface area (Å²) in [4.78, 5) is 46.3. The normalized spacial score (nSPS) is 15.0. The predicted octanol–water partition coefficient (Wildman–Crippen LogP) is 3.70. The standard InChI is InChI=1S/C29H30ClN3O5S/c1-5-32(6-2)28(36)25-18(4)31-29-33(26(25)19-12-14-21(30)15-13-19)27(35)23(39-29)16-20-10-8-9-11-22(20)38-17-24(34)37-7-3/h8-16,26H,5-7,17H2,1-4H3/b23-16+/t26-/m0/s1. The molecular formula is C29H30ClN3O5S. The monoisotopic (exact) mass is 567 g/mol. The fraction of sp³-hybridized carbons (Fsp3) is 0.310. The molecular weight excluding hydrogens is 538 g/mol. The molecule has 0 spiro atoms. The van der Waals surface area contributed by atoms with E-state index in [9.17, 15) is 14.4 Å². The Labute approximate surface area is 235 Å². The van der Waals surface area contributed by atoms with E-state index in [1.807, 2.05) is 32.0 Å². The number of fused-ring (bicyclic) bond motifs is 1. The number of aromatic nitrogens is 1. The number of benzene rings is 2. The molecule has 1 atom stereocenters. The zero-order chi connectivity index (χ0) is 28.1. The Balaban J connectivity index is 1.85. The third-order valence-corrected chi connectivity index (χ3v) is 7.58. The Kier molecular flexibility index (Phi) is 9.04. The minimum Gasteiger partial charge on any atom is -0.481 e. The summed E-state index contributed by atoms with van der Waals surface area (Å²) in [7, 11) is 0. The van der Waals surface area contributed by atoms with Gasteiger partial charge in [0.05, 0.1) is 28.5 Å². The molecule has 204 valence electrons. The highest BCUT2D eigenvalue weighted by molar-refractivity contribution is 7.07. The van der Waals surface area contributed by atoms with E-state index in [0.29, 0.717) is 50.0 Å². The van der Waals surface area contributed by atoms with Crippen molar-refractivity contribution in [1.29, 1.82) is 0 Å². The number of thiazole rings is 1. The molecule has 0 saturated heterocycles. The van der Waals surface area contributed by atoms with Crippen molar-refractivity contribution in [2.24, 2.45) is 4.99 Å². The van der Waals surface area contributed by atoms with E-state index in [0.717, 1.165) is 5.56 Å². The molecule has 8 nitrogen and oxygen atoms in total. The summed E-state index contributed by atoms with van der Waals surface area (Å²) in [6.07, 6.45) is 1.72. The minimum absolute atomic E-state index is 0.159. The van der Waals surface area contributed by atoms with Crippen LogP contribution in [0, 0.1) is 0 Å². The largest absolute Gasteiger partial charge is 0.481 e. The topological polar surface area (TPSA) is 90.2 Å². The molecule has 0 saturated carbocycles. The number of hydrogen-bond donors (Lipinski definition) is 0. The average Bonchev–Trinajstić information content (AvgIpc) is 3.22. The molecule has 0 unspecified atom stereocenters. The molecule has 1 aliphatic rings. The maximum Gasteiger partial charge on any atom is 0.344 e. The molecule has 39 heavy (non-hydrogen) atoms. The Morgan fingerprint density at radius 1 is 1.10 bits per heavy atom. The zero-order valence-corrected chi connectivity index (χ0v) is 23.8. The number of carbonyl (C=O) groups excluding carboxylic acids is 2. The van der Waals surface area contributed by atoms with Crippen LogP contribution in [0.15, 0.2) is 69.6 Å². The van der Waals surface area contributed by atoms with Gasteiger partial charge in [-0.1, -0.05) is 53.3 Å². The maximum atomic E-state index is 13.9. The summed E-state index contributed by atoms with van der Waals surface area (Å²) in [6, 6.07) is 13.6. The van der Waals surface area contributed by atoms with E-state index < -0.39 is 12.0 Å². The number of esters is 1. The molecule has 0 N–H and O–H groups in total. The summed E-state index contributed by atoms with van der Waals surface area (Å²) in [5, 5.41) is 0.558. The summed E-state index contributed by atoms with van der Waals surface area (Å²) in [5.74, 6) is -0.192. The number of para-hydroxylation sites is 1. The minimum atomic E-state index is -0.663. The molecule has 1 aromatic heterocycles. The second-order valence-corrected chi connectivity index (χ2v) is 10.2. The highest BCUT2D eigenvalue weighted by Crippen LogP contribution is 2.32. The quantitative estimate of drug-likeness (QED) is 0.368. The van der Waals surface area contributed by atoms with Crippen LogP contribution in [-0.4, -0.2) is 47.6 Å². The number of likely N-dealkylation sites (N-methyl/N-ethyl adjacent to an activating group) is 1. The highest BCUT2D eigenvalue weighted by Gasteiger charge is 2.34. The first-order chi connectivity index (χ1) is 18.8. The lowest BCUT2D eigenvalue weighted by molar-refractivity contribution is -0.145. The number of nitrogens with zero attached hydrogens (tertiary/aromatic N) is 3. The SMILES string of the molecule is CCOC(=O)COc1ccccc1/C=c1/sc2n(c1=O)[C@@H](c1ccc(Cl)cc1)C(C(=O)N(CC)CC)=C(C)N=2. The van der Waals surface area contributed by atoms with Crippen LogP contribution in [0.4, 0.5) is 0 Å². The van der Waals surface area contributed by atoms with Crippen molar-refractivity contribution in [1.82, 2.24) is 9.47 Å². The average molecular weight is 568 g/mol. The van der Waals surface area contributed by atoms with Crippen LogP contribution in [0.3, 0.4) is 0 Å². The molecule has 0 bridgehead atoms. The van der Waals surface area contributed by atoms with Crippen molar-refractivity contribution in [3.05, 3.63) is 95.6 Å². The van der Waals surface area contributed by atoms with Crippen LogP contribution < -0.4 is 19.6 Å². The van der Waals surface area contributed by atoms with Crippen LogP contribution >= 0.6 is 22.9 Å². The van der Waals surface area contributed by atoms with E-state index in [1.165, 1.54) is 11.3 Å². The smallest absolute Gasteiger partial charge is 0.344 e. The van der Waals surface area contributed by atoms with E-state index in [2.05, 4.69) is 0 Å². The van der Waals surface area contributed by atoms with Gasteiger partial charge in [-0.2, -0.15) is 0 Å². The van der Waals surface area contributed by atoms with Gasteiger partial charge >= 0.3 is 5.97 Å². The summed E-state index contributed by atoms with van der Waals surface area (Å²) >= 11 is 7.39. The first-order valence-electron chi connectivity index (χ1n) is 12.7. The summed E-state index contributed by atoms with van der Waals surface area (Å²) < 4.78 is 12.6. The molecule has 0 aliphatic carbocycles. The van der Waals surface area contributed by atoms with Crippen LogP contribution in [0.1, 0.15) is 44.9 Å². The number of ether oxygens (including phenoxy) is 2.